The summed E-state index contributed by atoms with van der Waals surface area (Å²) >= 11 is 0. The van der Waals surface area contributed by atoms with Gasteiger partial charge in [-0.1, -0.05) is 30.3 Å². The minimum Gasteiger partial charge on any atom is -0.389 e. The summed E-state index contributed by atoms with van der Waals surface area (Å²) in [5.41, 5.74) is 1.73. The van der Waals surface area contributed by atoms with Crippen molar-refractivity contribution >= 4 is 18.1 Å². The molecule has 0 radical (unpaired) electrons. The molecule has 2 unspecified atom stereocenters. The number of anilines is 1. The van der Waals surface area contributed by atoms with Crippen LogP contribution in [-0.2, 0) is 0 Å². The number of para-hydroxylation sites is 1. The molecule has 120 valence electrons. The van der Waals surface area contributed by atoms with Crippen LogP contribution in [0.25, 0.3) is 0 Å². The highest BCUT2D eigenvalue weighted by Gasteiger charge is 2.25. The Morgan fingerprint density at radius 3 is 2.41 bits per heavy atom. The van der Waals surface area contributed by atoms with E-state index in [9.17, 15) is 9.50 Å². The first kappa shape index (κ1) is 18.4. The monoisotopic (exact) mass is 324 g/mol. The summed E-state index contributed by atoms with van der Waals surface area (Å²) in [6.07, 6.45) is -0.651. The average Bonchev–Trinajstić information content (AvgIpc) is 2.48. The van der Waals surface area contributed by atoms with Crippen LogP contribution in [0.2, 0.25) is 0 Å². The highest BCUT2D eigenvalue weighted by Crippen LogP contribution is 2.28. The van der Waals surface area contributed by atoms with Crippen LogP contribution in [0.15, 0.2) is 54.6 Å². The van der Waals surface area contributed by atoms with E-state index in [1.54, 1.807) is 13.1 Å². The maximum atomic E-state index is 13.5. The van der Waals surface area contributed by atoms with E-state index in [0.29, 0.717) is 6.54 Å². The largest absolute Gasteiger partial charge is 0.389 e. The second-order valence-corrected chi connectivity index (χ2v) is 5.07. The number of aliphatic hydroxyl groups excluding tert-OH is 1. The topological polar surface area (TPSA) is 35.5 Å². The van der Waals surface area contributed by atoms with Crippen LogP contribution in [0.4, 0.5) is 10.1 Å². The maximum Gasteiger partial charge on any atom is 0.123 e. The van der Waals surface area contributed by atoms with Crippen molar-refractivity contribution in [1.29, 1.82) is 0 Å². The number of hydrogen-bond acceptors (Lipinski definition) is 3. The fourth-order valence-corrected chi connectivity index (χ4v) is 2.54. The molecule has 0 saturated heterocycles. The highest BCUT2D eigenvalue weighted by atomic mass is 35.5. The zero-order valence-corrected chi connectivity index (χ0v) is 13.6. The molecular weight excluding hydrogens is 303 g/mol. The first-order chi connectivity index (χ1) is 10.1. The molecule has 0 spiro atoms. The average molecular weight is 325 g/mol. The van der Waals surface area contributed by atoms with Gasteiger partial charge < -0.3 is 15.3 Å². The van der Waals surface area contributed by atoms with E-state index in [1.807, 2.05) is 48.3 Å². The van der Waals surface area contributed by atoms with Gasteiger partial charge >= 0.3 is 0 Å². The van der Waals surface area contributed by atoms with Crippen LogP contribution in [0.3, 0.4) is 0 Å². The van der Waals surface area contributed by atoms with Crippen LogP contribution >= 0.6 is 12.4 Å². The predicted molar refractivity (Wildman–Crippen MR) is 91.2 cm³/mol. The molecule has 0 fully saturated rings. The summed E-state index contributed by atoms with van der Waals surface area (Å²) in [6.45, 7) is 0.429. The van der Waals surface area contributed by atoms with Crippen molar-refractivity contribution in [3.05, 3.63) is 66.0 Å². The van der Waals surface area contributed by atoms with Crippen LogP contribution in [-0.4, -0.2) is 31.9 Å². The summed E-state index contributed by atoms with van der Waals surface area (Å²) in [5, 5.41) is 13.4. The Bertz CT molecular complexity index is 568. The Labute approximate surface area is 137 Å². The third-order valence-electron chi connectivity index (χ3n) is 3.55. The lowest BCUT2D eigenvalue weighted by Gasteiger charge is -2.34. The first-order valence-corrected chi connectivity index (χ1v) is 6.99. The summed E-state index contributed by atoms with van der Waals surface area (Å²) in [5.74, 6) is -0.296. The van der Waals surface area contributed by atoms with Crippen LogP contribution in [0, 0.1) is 5.82 Å². The molecule has 2 aromatic rings. The Kier molecular flexibility index (Phi) is 7.32. The molecule has 22 heavy (non-hydrogen) atoms. The second kappa shape index (κ2) is 8.73. The molecule has 0 aliphatic heterocycles. The number of nitrogens with one attached hydrogen (secondary N) is 1. The lowest BCUT2D eigenvalue weighted by atomic mass is 9.99. The third-order valence-corrected chi connectivity index (χ3v) is 3.55. The number of benzene rings is 2. The smallest absolute Gasteiger partial charge is 0.123 e. The molecule has 0 aromatic heterocycles. The standard InChI is InChI=1S/C17H21FN2O.ClH/c1-19-12-16(21)17(13-7-6-8-14(18)11-13)20(2)15-9-4-3-5-10-15;/h3-11,16-17,19,21H,12H2,1-2H3;1H. The Hall–Kier alpha value is -1.62. The van der Waals surface area contributed by atoms with E-state index in [1.165, 1.54) is 12.1 Å². The molecule has 0 heterocycles. The van der Waals surface area contributed by atoms with Gasteiger partial charge in [0.25, 0.3) is 0 Å². The second-order valence-electron chi connectivity index (χ2n) is 5.07. The normalized spacial score (nSPS) is 13.1. The van der Waals surface area contributed by atoms with Gasteiger partial charge in [-0.2, -0.15) is 0 Å². The number of rotatable bonds is 6. The van der Waals surface area contributed by atoms with Gasteiger partial charge in [-0.3, -0.25) is 0 Å². The molecular formula is C17H22ClFN2O. The van der Waals surface area contributed by atoms with E-state index >= 15 is 0 Å². The van der Waals surface area contributed by atoms with Crippen molar-refractivity contribution < 1.29 is 9.50 Å². The number of halogens is 2. The van der Waals surface area contributed by atoms with Gasteiger partial charge in [-0.05, 0) is 36.9 Å². The van der Waals surface area contributed by atoms with Gasteiger partial charge in [-0.25, -0.2) is 4.39 Å². The van der Waals surface area contributed by atoms with Crippen molar-refractivity contribution in [2.24, 2.45) is 0 Å². The highest BCUT2D eigenvalue weighted by molar-refractivity contribution is 5.85. The summed E-state index contributed by atoms with van der Waals surface area (Å²) < 4.78 is 13.5. The minimum atomic E-state index is -0.651. The van der Waals surface area contributed by atoms with Crippen molar-refractivity contribution in [2.45, 2.75) is 12.1 Å². The van der Waals surface area contributed by atoms with Gasteiger partial charge in [0.15, 0.2) is 0 Å². The summed E-state index contributed by atoms with van der Waals surface area (Å²) in [7, 11) is 3.69. The quantitative estimate of drug-likeness (QED) is 0.857. The van der Waals surface area contributed by atoms with E-state index in [4.69, 9.17) is 0 Å². The Morgan fingerprint density at radius 2 is 1.82 bits per heavy atom. The zero-order chi connectivity index (χ0) is 15.2. The molecule has 0 aliphatic rings. The molecule has 0 bridgehead atoms. The SMILES string of the molecule is CNCC(O)C(c1cccc(F)c1)N(C)c1ccccc1.Cl. The zero-order valence-electron chi connectivity index (χ0n) is 12.7. The van der Waals surface area contributed by atoms with Crippen molar-refractivity contribution in [3.8, 4) is 0 Å². The van der Waals surface area contributed by atoms with Gasteiger partial charge in [0.1, 0.15) is 5.82 Å². The van der Waals surface area contributed by atoms with E-state index in [0.717, 1.165) is 11.3 Å². The fourth-order valence-electron chi connectivity index (χ4n) is 2.54. The number of hydrogen-bond donors (Lipinski definition) is 2. The van der Waals surface area contributed by atoms with E-state index in [2.05, 4.69) is 5.32 Å². The Balaban J connectivity index is 0.00000242. The van der Waals surface area contributed by atoms with Gasteiger partial charge in [0.05, 0.1) is 12.1 Å². The number of aliphatic hydroxyl groups is 1. The fraction of sp³-hybridized carbons (Fsp3) is 0.294. The summed E-state index contributed by atoms with van der Waals surface area (Å²) in [4.78, 5) is 1.97. The maximum absolute atomic E-state index is 13.5. The lowest BCUT2D eigenvalue weighted by molar-refractivity contribution is 0.142. The van der Waals surface area contributed by atoms with Gasteiger partial charge in [-0.15, -0.1) is 12.4 Å². The number of nitrogens with zero attached hydrogens (tertiary/aromatic N) is 1. The molecule has 2 rings (SSSR count). The minimum absolute atomic E-state index is 0. The van der Waals surface area contributed by atoms with Crippen LogP contribution < -0.4 is 10.2 Å². The van der Waals surface area contributed by atoms with Crippen LogP contribution in [0.5, 0.6) is 0 Å². The molecule has 2 N–H and O–H groups in total. The third kappa shape index (κ3) is 4.44. The number of likely N-dealkylation sites (N-methyl/N-ethyl adjacent to an activating group) is 2. The van der Waals surface area contributed by atoms with Crippen molar-refractivity contribution in [3.63, 3.8) is 0 Å². The van der Waals surface area contributed by atoms with Gasteiger partial charge in [0.2, 0.25) is 0 Å². The molecule has 2 atom stereocenters. The van der Waals surface area contributed by atoms with Crippen molar-refractivity contribution in [2.75, 3.05) is 25.5 Å². The first-order valence-electron chi connectivity index (χ1n) is 6.99. The lowest BCUT2D eigenvalue weighted by Crippen LogP contribution is -2.39. The van der Waals surface area contributed by atoms with E-state index < -0.39 is 6.10 Å². The molecule has 0 amide bonds. The van der Waals surface area contributed by atoms with Gasteiger partial charge in [0, 0.05) is 19.3 Å². The molecule has 0 saturated carbocycles. The Morgan fingerprint density at radius 1 is 1.14 bits per heavy atom. The molecule has 2 aromatic carbocycles. The summed E-state index contributed by atoms with van der Waals surface area (Å²) in [6, 6.07) is 15.8. The molecule has 0 aliphatic carbocycles. The van der Waals surface area contributed by atoms with Crippen molar-refractivity contribution in [1.82, 2.24) is 5.32 Å². The molecule has 5 heteroatoms. The van der Waals surface area contributed by atoms with E-state index in [-0.39, 0.29) is 24.3 Å². The van der Waals surface area contributed by atoms with Crippen LogP contribution in [0.1, 0.15) is 11.6 Å². The molecule has 3 nitrogen and oxygen atoms in total. The predicted octanol–water partition coefficient (Wildman–Crippen LogP) is 3.01.